The lowest BCUT2D eigenvalue weighted by Crippen LogP contribution is -2.15. The summed E-state index contributed by atoms with van der Waals surface area (Å²) in [6.07, 6.45) is -4.63. The molecule has 2 aromatic rings. The molecule has 0 fully saturated rings. The quantitative estimate of drug-likeness (QED) is 0.787. The van der Waals surface area contributed by atoms with Gasteiger partial charge in [0.15, 0.2) is 0 Å². The van der Waals surface area contributed by atoms with Crippen molar-refractivity contribution in [3.8, 4) is 0 Å². The lowest BCUT2D eigenvalue weighted by Gasteiger charge is -2.14. The second-order valence-electron chi connectivity index (χ2n) is 5.10. The first-order valence-electron chi connectivity index (χ1n) is 6.47. The summed E-state index contributed by atoms with van der Waals surface area (Å²) in [5, 5.41) is 0. The van der Waals surface area contributed by atoms with Gasteiger partial charge in [0.25, 0.3) is 10.0 Å². The Morgan fingerprint density at radius 1 is 1.04 bits per heavy atom. The van der Waals surface area contributed by atoms with Gasteiger partial charge in [0.2, 0.25) is 0 Å². The molecule has 124 valence electrons. The third-order valence-electron chi connectivity index (χ3n) is 3.15. The van der Waals surface area contributed by atoms with Gasteiger partial charge in [-0.2, -0.15) is 13.2 Å². The maximum Gasteiger partial charge on any atom is 0.416 e. The fourth-order valence-corrected chi connectivity index (χ4v) is 3.77. The highest BCUT2D eigenvalue weighted by Gasteiger charge is 2.32. The van der Waals surface area contributed by atoms with Crippen molar-refractivity contribution in [2.45, 2.75) is 24.9 Å². The Bertz CT molecular complexity index is 848. The van der Waals surface area contributed by atoms with Gasteiger partial charge >= 0.3 is 6.18 Å². The number of anilines is 1. The van der Waals surface area contributed by atoms with Gasteiger partial charge in [0.1, 0.15) is 0 Å². The minimum Gasteiger partial charge on any atom is -0.279 e. The summed E-state index contributed by atoms with van der Waals surface area (Å²) >= 11 is 2.92. The Morgan fingerprint density at radius 2 is 1.70 bits per heavy atom. The second kappa shape index (κ2) is 6.16. The molecule has 3 nitrogen and oxygen atoms in total. The number of alkyl halides is 3. The van der Waals surface area contributed by atoms with Gasteiger partial charge in [-0.3, -0.25) is 4.72 Å². The zero-order valence-corrected chi connectivity index (χ0v) is 14.6. The molecule has 0 aromatic heterocycles. The maximum atomic E-state index is 12.8. The number of halogens is 4. The molecule has 1 N–H and O–H groups in total. The lowest BCUT2D eigenvalue weighted by atomic mass is 10.1. The molecule has 0 aliphatic carbocycles. The SMILES string of the molecule is Cc1ccc(C)c(NS(=O)(=O)c2cc(Br)cc(C(F)(F)F)c2)c1. The van der Waals surface area contributed by atoms with E-state index in [2.05, 4.69) is 20.7 Å². The van der Waals surface area contributed by atoms with Crippen LogP contribution in [0, 0.1) is 13.8 Å². The fraction of sp³-hybridized carbons (Fsp3) is 0.200. The molecule has 0 bridgehead atoms. The number of hydrogen-bond donors (Lipinski definition) is 1. The highest BCUT2D eigenvalue weighted by molar-refractivity contribution is 9.10. The summed E-state index contributed by atoms with van der Waals surface area (Å²) in [5.74, 6) is 0. The standard InChI is InChI=1S/C15H13BrF3NO2S/c1-9-3-4-10(2)14(5-9)20-23(21,22)13-7-11(15(17,18)19)6-12(16)8-13/h3-8,20H,1-2H3. The summed E-state index contributed by atoms with van der Waals surface area (Å²) < 4.78 is 65.7. The minimum absolute atomic E-state index is 0.0358. The molecule has 8 heteroatoms. The largest absolute Gasteiger partial charge is 0.416 e. The summed E-state index contributed by atoms with van der Waals surface area (Å²) in [6, 6.07) is 7.73. The molecule has 0 heterocycles. The number of benzene rings is 2. The average Bonchev–Trinajstić information content (AvgIpc) is 2.41. The van der Waals surface area contributed by atoms with Crippen molar-refractivity contribution in [3.05, 3.63) is 57.6 Å². The molecule has 0 radical (unpaired) electrons. The summed E-state index contributed by atoms with van der Waals surface area (Å²) in [4.78, 5) is -0.458. The lowest BCUT2D eigenvalue weighted by molar-refractivity contribution is -0.137. The van der Waals surface area contributed by atoms with Crippen molar-refractivity contribution < 1.29 is 21.6 Å². The molecular formula is C15H13BrF3NO2S. The van der Waals surface area contributed by atoms with E-state index < -0.39 is 26.7 Å². The predicted molar refractivity (Wildman–Crippen MR) is 85.9 cm³/mol. The van der Waals surface area contributed by atoms with Gasteiger partial charge in [-0.25, -0.2) is 8.42 Å². The normalized spacial score (nSPS) is 12.3. The molecule has 2 aromatic carbocycles. The highest BCUT2D eigenvalue weighted by Crippen LogP contribution is 2.33. The van der Waals surface area contributed by atoms with Crippen molar-refractivity contribution in [2.75, 3.05) is 4.72 Å². The monoisotopic (exact) mass is 407 g/mol. The van der Waals surface area contributed by atoms with E-state index >= 15 is 0 Å². The van der Waals surface area contributed by atoms with Crippen LogP contribution in [-0.2, 0) is 16.2 Å². The zero-order valence-electron chi connectivity index (χ0n) is 12.2. The molecule has 0 atom stereocenters. The van der Waals surface area contributed by atoms with Crippen LogP contribution in [0.15, 0.2) is 45.8 Å². The number of hydrogen-bond acceptors (Lipinski definition) is 2. The van der Waals surface area contributed by atoms with E-state index in [-0.39, 0.29) is 4.47 Å². The number of sulfonamides is 1. The van der Waals surface area contributed by atoms with Crippen LogP contribution in [0.1, 0.15) is 16.7 Å². The van der Waals surface area contributed by atoms with Gasteiger partial charge < -0.3 is 0 Å². The van der Waals surface area contributed by atoms with Crippen LogP contribution in [0.5, 0.6) is 0 Å². The summed E-state index contributed by atoms with van der Waals surface area (Å²) in [5.41, 5.74) is 0.801. The minimum atomic E-state index is -4.63. The Hall–Kier alpha value is -1.54. The van der Waals surface area contributed by atoms with Crippen molar-refractivity contribution in [1.29, 1.82) is 0 Å². The van der Waals surface area contributed by atoms with Crippen LogP contribution in [-0.4, -0.2) is 8.42 Å². The fourth-order valence-electron chi connectivity index (χ4n) is 1.93. The van der Waals surface area contributed by atoms with Crippen LogP contribution in [0.2, 0.25) is 0 Å². The first kappa shape index (κ1) is 17.8. The third-order valence-corrected chi connectivity index (χ3v) is 4.95. The molecule has 0 saturated carbocycles. The molecule has 23 heavy (non-hydrogen) atoms. The average molecular weight is 408 g/mol. The van der Waals surface area contributed by atoms with E-state index in [4.69, 9.17) is 0 Å². The van der Waals surface area contributed by atoms with Crippen molar-refractivity contribution in [3.63, 3.8) is 0 Å². The first-order valence-corrected chi connectivity index (χ1v) is 8.74. The number of aryl methyl sites for hydroxylation is 2. The Kier molecular flexibility index (Phi) is 4.77. The molecule has 2 rings (SSSR count). The van der Waals surface area contributed by atoms with Crippen molar-refractivity contribution in [2.24, 2.45) is 0 Å². The van der Waals surface area contributed by atoms with Gasteiger partial charge in [-0.15, -0.1) is 0 Å². The molecule has 0 spiro atoms. The molecule has 0 aliphatic heterocycles. The van der Waals surface area contributed by atoms with Gasteiger partial charge in [-0.05, 0) is 49.2 Å². The van der Waals surface area contributed by atoms with Crippen molar-refractivity contribution in [1.82, 2.24) is 0 Å². The van der Waals surface area contributed by atoms with E-state index in [0.717, 1.165) is 17.7 Å². The Balaban J connectivity index is 2.48. The molecular weight excluding hydrogens is 395 g/mol. The van der Waals surface area contributed by atoms with Crippen LogP contribution in [0.4, 0.5) is 18.9 Å². The van der Waals surface area contributed by atoms with Crippen LogP contribution >= 0.6 is 15.9 Å². The van der Waals surface area contributed by atoms with E-state index in [9.17, 15) is 21.6 Å². The second-order valence-corrected chi connectivity index (χ2v) is 7.70. The van der Waals surface area contributed by atoms with Gasteiger partial charge in [0, 0.05) is 4.47 Å². The predicted octanol–water partition coefficient (Wildman–Crippen LogP) is 4.89. The number of nitrogens with one attached hydrogen (secondary N) is 1. The van der Waals surface area contributed by atoms with E-state index in [1.807, 2.05) is 6.07 Å². The Labute approximate surface area is 140 Å². The molecule has 0 amide bonds. The summed E-state index contributed by atoms with van der Waals surface area (Å²) in [7, 11) is -4.14. The van der Waals surface area contributed by atoms with E-state index in [0.29, 0.717) is 17.3 Å². The third kappa shape index (κ3) is 4.26. The van der Waals surface area contributed by atoms with Crippen LogP contribution in [0.25, 0.3) is 0 Å². The molecule has 0 aliphatic rings. The Morgan fingerprint density at radius 3 is 2.30 bits per heavy atom. The van der Waals surface area contributed by atoms with Crippen LogP contribution < -0.4 is 4.72 Å². The zero-order chi connectivity index (χ0) is 17.4. The van der Waals surface area contributed by atoms with E-state index in [1.54, 1.807) is 26.0 Å². The topological polar surface area (TPSA) is 46.2 Å². The smallest absolute Gasteiger partial charge is 0.279 e. The van der Waals surface area contributed by atoms with E-state index in [1.165, 1.54) is 0 Å². The number of rotatable bonds is 3. The van der Waals surface area contributed by atoms with Crippen LogP contribution in [0.3, 0.4) is 0 Å². The highest BCUT2D eigenvalue weighted by atomic mass is 79.9. The van der Waals surface area contributed by atoms with Crippen molar-refractivity contribution >= 4 is 31.6 Å². The molecule has 0 saturated heterocycles. The maximum absolute atomic E-state index is 12.8. The summed E-state index contributed by atoms with van der Waals surface area (Å²) in [6.45, 7) is 3.50. The molecule has 0 unspecified atom stereocenters. The first-order chi connectivity index (χ1) is 10.5. The van der Waals surface area contributed by atoms with Gasteiger partial charge in [0.05, 0.1) is 16.1 Å². The van der Waals surface area contributed by atoms with Gasteiger partial charge in [-0.1, -0.05) is 28.1 Å².